The van der Waals surface area contributed by atoms with E-state index in [-0.39, 0.29) is 13.2 Å². The molecule has 0 heterocycles. The molecule has 47 heavy (non-hydrogen) atoms. The van der Waals surface area contributed by atoms with Crippen LogP contribution in [0.5, 0.6) is 11.5 Å². The number of rotatable bonds is 14. The summed E-state index contributed by atoms with van der Waals surface area (Å²) in [6, 6.07) is 32.2. The molecule has 4 aromatic carbocycles. The second kappa shape index (κ2) is 14.8. The Labute approximate surface area is 272 Å². The van der Waals surface area contributed by atoms with Crippen LogP contribution in [-0.2, 0) is 24.5 Å². The van der Waals surface area contributed by atoms with Crippen molar-refractivity contribution in [2.45, 2.75) is 43.2 Å². The minimum atomic E-state index is -2.15. The topological polar surface area (TPSA) is 152 Å². The van der Waals surface area contributed by atoms with Gasteiger partial charge in [0.1, 0.15) is 37.4 Å². The predicted molar refractivity (Wildman–Crippen MR) is 172 cm³/mol. The Morgan fingerprint density at radius 2 is 1.06 bits per heavy atom. The van der Waals surface area contributed by atoms with Crippen LogP contribution in [0.4, 0.5) is 0 Å². The van der Waals surface area contributed by atoms with E-state index in [1.807, 2.05) is 55.5 Å². The fourth-order valence-electron chi connectivity index (χ4n) is 5.82. The maximum atomic E-state index is 12.0. The van der Waals surface area contributed by atoms with Crippen molar-refractivity contribution >= 4 is 11.9 Å². The van der Waals surface area contributed by atoms with Crippen LogP contribution >= 0.6 is 0 Å². The summed E-state index contributed by atoms with van der Waals surface area (Å²) in [6.07, 6.45) is -5.44. The Bertz CT molecular complexity index is 1620. The van der Waals surface area contributed by atoms with Crippen molar-refractivity contribution in [2.75, 3.05) is 26.9 Å². The van der Waals surface area contributed by atoms with E-state index in [4.69, 9.17) is 14.2 Å². The zero-order valence-electron chi connectivity index (χ0n) is 26.1. The summed E-state index contributed by atoms with van der Waals surface area (Å²) in [5, 5.41) is 39.6. The molecule has 0 aliphatic heterocycles. The lowest BCUT2D eigenvalue weighted by Crippen LogP contribution is -2.42. The van der Waals surface area contributed by atoms with Gasteiger partial charge in [-0.15, -0.1) is 0 Å². The number of hydrogen-bond donors (Lipinski definition) is 4. The number of fused-ring (bicyclic) bond motifs is 3. The molecular weight excluding hydrogens is 604 g/mol. The first-order valence-corrected chi connectivity index (χ1v) is 15.3. The lowest BCUT2D eigenvalue weighted by Gasteiger charge is -2.34. The molecule has 4 unspecified atom stereocenters. The van der Waals surface area contributed by atoms with Gasteiger partial charge in [0.2, 0.25) is 0 Å². The second-order valence-corrected chi connectivity index (χ2v) is 11.3. The van der Waals surface area contributed by atoms with Gasteiger partial charge in [0.25, 0.3) is 0 Å². The Hall–Kier alpha value is -4.74. The molecule has 0 aromatic heterocycles. The quantitative estimate of drug-likeness (QED) is 0.133. The van der Waals surface area contributed by atoms with E-state index in [2.05, 4.69) is 41.1 Å². The molecule has 0 fully saturated rings. The van der Waals surface area contributed by atoms with Gasteiger partial charge in [-0.25, -0.2) is 9.59 Å². The number of carbonyl (C=O) groups excluding carboxylic acids is 2. The van der Waals surface area contributed by atoms with Gasteiger partial charge in [0.15, 0.2) is 12.2 Å². The summed E-state index contributed by atoms with van der Waals surface area (Å²) in [6.45, 7) is 1.36. The summed E-state index contributed by atoms with van der Waals surface area (Å²) >= 11 is 0. The highest BCUT2D eigenvalue weighted by molar-refractivity contribution is 5.86. The normalized spacial score (nSPS) is 15.4. The van der Waals surface area contributed by atoms with E-state index < -0.39 is 48.4 Å². The Balaban J connectivity index is 1.37. The summed E-state index contributed by atoms with van der Waals surface area (Å²) in [5.41, 5.74) is 5.89. The number of ether oxygens (including phenoxy) is 4. The molecule has 0 bridgehead atoms. The molecule has 5 rings (SSSR count). The smallest absolute Gasteiger partial charge is 0.338 e. The zero-order chi connectivity index (χ0) is 33.6. The molecule has 4 atom stereocenters. The van der Waals surface area contributed by atoms with Crippen LogP contribution < -0.4 is 9.47 Å². The monoisotopic (exact) mass is 642 g/mol. The van der Waals surface area contributed by atoms with E-state index in [9.17, 15) is 30.0 Å². The number of carbonyl (C=O) groups is 2. The second-order valence-electron chi connectivity index (χ2n) is 11.3. The molecule has 1 aliphatic carbocycles. The molecule has 0 saturated heterocycles. The average Bonchev–Trinajstić information content (AvgIpc) is 3.42. The molecule has 1 aliphatic rings. The molecule has 4 aromatic rings. The zero-order valence-corrected chi connectivity index (χ0v) is 26.1. The van der Waals surface area contributed by atoms with Crippen molar-refractivity contribution in [3.05, 3.63) is 119 Å². The highest BCUT2D eigenvalue weighted by Crippen LogP contribution is 2.56. The van der Waals surface area contributed by atoms with Crippen LogP contribution in [-0.4, -0.2) is 83.7 Å². The van der Waals surface area contributed by atoms with Gasteiger partial charge in [-0.3, -0.25) is 0 Å². The summed E-state index contributed by atoms with van der Waals surface area (Å²) < 4.78 is 20.7. The van der Waals surface area contributed by atoms with Crippen molar-refractivity contribution in [3.8, 4) is 22.6 Å². The fourth-order valence-corrected chi connectivity index (χ4v) is 5.82. The van der Waals surface area contributed by atoms with Gasteiger partial charge in [0, 0.05) is 0 Å². The molecule has 0 saturated carbocycles. The third kappa shape index (κ3) is 6.86. The highest BCUT2D eigenvalue weighted by atomic mass is 16.6. The van der Waals surface area contributed by atoms with Crippen LogP contribution in [0.15, 0.2) is 97.1 Å². The van der Waals surface area contributed by atoms with Gasteiger partial charge in [-0.05, 0) is 64.1 Å². The van der Waals surface area contributed by atoms with Crippen LogP contribution in [0.25, 0.3) is 11.1 Å². The predicted octanol–water partition coefficient (Wildman–Crippen LogP) is 3.38. The van der Waals surface area contributed by atoms with Gasteiger partial charge in [-0.1, -0.05) is 79.7 Å². The first kappa shape index (κ1) is 33.6. The van der Waals surface area contributed by atoms with Crippen molar-refractivity contribution in [2.24, 2.45) is 0 Å². The van der Waals surface area contributed by atoms with Gasteiger partial charge in [0.05, 0.1) is 18.6 Å². The Morgan fingerprint density at radius 3 is 1.53 bits per heavy atom. The van der Waals surface area contributed by atoms with Gasteiger partial charge >= 0.3 is 11.9 Å². The van der Waals surface area contributed by atoms with Crippen LogP contribution in [0, 0.1) is 0 Å². The third-order valence-electron chi connectivity index (χ3n) is 8.28. The van der Waals surface area contributed by atoms with E-state index in [1.54, 1.807) is 12.1 Å². The average molecular weight is 643 g/mol. The Kier molecular flexibility index (Phi) is 10.6. The number of benzene rings is 4. The summed E-state index contributed by atoms with van der Waals surface area (Å²) in [7, 11) is 0.998. The third-order valence-corrected chi connectivity index (χ3v) is 8.28. The largest absolute Gasteiger partial charge is 0.491 e. The van der Waals surface area contributed by atoms with Gasteiger partial charge in [-0.2, -0.15) is 0 Å². The lowest BCUT2D eigenvalue weighted by atomic mass is 9.68. The first-order chi connectivity index (χ1) is 22.7. The lowest BCUT2D eigenvalue weighted by molar-refractivity contribution is -0.173. The molecule has 0 amide bonds. The molecule has 0 radical (unpaired) electrons. The van der Waals surface area contributed by atoms with Crippen LogP contribution in [0.2, 0.25) is 0 Å². The van der Waals surface area contributed by atoms with Crippen molar-refractivity contribution in [3.63, 3.8) is 0 Å². The molecule has 0 spiro atoms. The summed E-state index contributed by atoms with van der Waals surface area (Å²) in [5.74, 6) is -1.35. The van der Waals surface area contributed by atoms with E-state index in [1.165, 1.54) is 0 Å². The SMILES string of the molecule is CCC(O)COc1ccc(C2(c3ccc(OCC(O)COC(=O)C(O)C(O)C(=O)OC)cc3)c3ccccc3-c3ccccc32)cc1. The van der Waals surface area contributed by atoms with E-state index >= 15 is 0 Å². The first-order valence-electron chi connectivity index (χ1n) is 15.3. The summed E-state index contributed by atoms with van der Waals surface area (Å²) in [4.78, 5) is 23.3. The Morgan fingerprint density at radius 1 is 0.617 bits per heavy atom. The molecular formula is C37H38O10. The van der Waals surface area contributed by atoms with Crippen LogP contribution in [0.3, 0.4) is 0 Å². The van der Waals surface area contributed by atoms with Crippen molar-refractivity contribution in [1.82, 2.24) is 0 Å². The minimum Gasteiger partial charge on any atom is -0.491 e. The van der Waals surface area contributed by atoms with Crippen molar-refractivity contribution < 1.29 is 49.0 Å². The number of hydrogen-bond acceptors (Lipinski definition) is 10. The molecule has 4 N–H and O–H groups in total. The molecule has 246 valence electrons. The number of aliphatic hydroxyl groups is 4. The number of methoxy groups -OCH3 is 1. The maximum Gasteiger partial charge on any atom is 0.338 e. The molecule has 10 heteroatoms. The fraction of sp³-hybridized carbons (Fsp3) is 0.297. The van der Waals surface area contributed by atoms with E-state index in [0.717, 1.165) is 40.5 Å². The molecule has 10 nitrogen and oxygen atoms in total. The van der Waals surface area contributed by atoms with Crippen molar-refractivity contribution in [1.29, 1.82) is 0 Å². The maximum absolute atomic E-state index is 12.0. The highest BCUT2D eigenvalue weighted by Gasteiger charge is 2.45. The van der Waals surface area contributed by atoms with Gasteiger partial charge < -0.3 is 39.4 Å². The van der Waals surface area contributed by atoms with E-state index in [0.29, 0.717) is 17.9 Å². The number of esters is 2. The van der Waals surface area contributed by atoms with Crippen LogP contribution in [0.1, 0.15) is 35.6 Å². The minimum absolute atomic E-state index is 0.214. The number of aliphatic hydroxyl groups excluding tert-OH is 4. The standard InChI is InChI=1S/C37H38O10/c1-3-25(38)20-45-27-16-12-23(13-17-27)37(31-10-6-4-8-29(31)30-9-5-7-11-32(30)37)24-14-18-28(19-15-24)46-21-26(39)22-47-36(43)34(41)33(40)35(42)44-2/h4-19,25-26,33-34,38-41H,3,20-22H2,1-2H3.